The first-order valence-electron chi connectivity index (χ1n) is 13.1. The molecule has 4 rings (SSSR count). The Balaban J connectivity index is 1.86. The van der Waals surface area contributed by atoms with E-state index < -0.39 is 38.2 Å². The van der Waals surface area contributed by atoms with E-state index in [-0.39, 0.29) is 17.3 Å². The average molecular weight is 566 g/mol. The van der Waals surface area contributed by atoms with Gasteiger partial charge in [0.1, 0.15) is 5.82 Å². The van der Waals surface area contributed by atoms with E-state index in [1.807, 2.05) is 37.3 Å². The van der Waals surface area contributed by atoms with Crippen molar-refractivity contribution >= 4 is 9.84 Å². The third-order valence-electron chi connectivity index (χ3n) is 6.85. The number of sulfone groups is 1. The van der Waals surface area contributed by atoms with Crippen LogP contribution in [0.15, 0.2) is 81.4 Å². The minimum atomic E-state index is -4.49. The molecule has 8 nitrogen and oxygen atoms in total. The fourth-order valence-corrected chi connectivity index (χ4v) is 6.07. The second-order valence-corrected chi connectivity index (χ2v) is 11.4. The predicted octanol–water partition coefficient (Wildman–Crippen LogP) is 5.26. The van der Waals surface area contributed by atoms with Crippen LogP contribution in [0.2, 0.25) is 0 Å². The van der Waals surface area contributed by atoms with Gasteiger partial charge >= 0.3 is 0 Å². The molecule has 10 heteroatoms. The SMILES string of the molecule is CCCCCc1nc(=O)c(S(=O)(=O)c2ccc(-c3ccnc(F)c3C)cc2)c(O)n1C(COC)c1ccccc1. The minimum absolute atomic E-state index is 0.110. The lowest BCUT2D eigenvalue weighted by Crippen LogP contribution is -2.29. The zero-order valence-electron chi connectivity index (χ0n) is 22.7. The van der Waals surface area contributed by atoms with Gasteiger partial charge in [0.15, 0.2) is 4.90 Å². The number of aryl methyl sites for hydroxylation is 1. The zero-order chi connectivity index (χ0) is 28.9. The van der Waals surface area contributed by atoms with Crippen LogP contribution in [0.5, 0.6) is 5.88 Å². The Morgan fingerprint density at radius 3 is 2.40 bits per heavy atom. The van der Waals surface area contributed by atoms with Gasteiger partial charge in [-0.3, -0.25) is 9.36 Å². The van der Waals surface area contributed by atoms with Crippen molar-refractivity contribution in [3.8, 4) is 17.0 Å². The quantitative estimate of drug-likeness (QED) is 0.195. The number of ether oxygens (including phenoxy) is 1. The highest BCUT2D eigenvalue weighted by Gasteiger charge is 2.32. The standard InChI is InChI=1S/C30H32FN3O5S/c1-4-5-7-12-26-33-29(35)27(30(36)34(26)25(19-39-3)22-10-8-6-9-11-22)40(37,38)23-15-13-21(14-16-23)24-17-18-32-28(31)20(24)2/h6,8-11,13-18,25,36H,4-5,7,12,19H2,1-3H3. The Morgan fingerprint density at radius 2 is 1.75 bits per heavy atom. The van der Waals surface area contributed by atoms with Gasteiger partial charge in [-0.25, -0.2) is 13.4 Å². The first kappa shape index (κ1) is 29.1. The van der Waals surface area contributed by atoms with Crippen LogP contribution in [-0.4, -0.2) is 41.8 Å². The molecule has 0 saturated heterocycles. The van der Waals surface area contributed by atoms with Crippen molar-refractivity contribution in [2.75, 3.05) is 13.7 Å². The fraction of sp³-hybridized carbons (Fsp3) is 0.300. The summed E-state index contributed by atoms with van der Waals surface area (Å²) in [4.78, 5) is 20.0. The number of pyridine rings is 1. The lowest BCUT2D eigenvalue weighted by atomic mass is 10.0. The van der Waals surface area contributed by atoms with E-state index in [2.05, 4.69) is 9.97 Å². The molecule has 4 aromatic rings. The van der Waals surface area contributed by atoms with Crippen LogP contribution in [0, 0.1) is 12.9 Å². The van der Waals surface area contributed by atoms with Crippen molar-refractivity contribution in [3.63, 3.8) is 0 Å². The monoisotopic (exact) mass is 565 g/mol. The number of rotatable bonds is 11. The number of halogens is 1. The van der Waals surface area contributed by atoms with Crippen molar-refractivity contribution in [2.24, 2.45) is 0 Å². The van der Waals surface area contributed by atoms with E-state index in [4.69, 9.17) is 4.74 Å². The van der Waals surface area contributed by atoms with Crippen molar-refractivity contribution in [2.45, 2.75) is 55.4 Å². The van der Waals surface area contributed by atoms with Gasteiger partial charge in [0.25, 0.3) is 5.56 Å². The van der Waals surface area contributed by atoms with Crippen LogP contribution in [0.25, 0.3) is 11.1 Å². The van der Waals surface area contributed by atoms with Gasteiger partial charge in [-0.05, 0) is 48.2 Å². The first-order chi connectivity index (χ1) is 19.2. The van der Waals surface area contributed by atoms with Crippen LogP contribution in [0.1, 0.15) is 49.2 Å². The van der Waals surface area contributed by atoms with E-state index in [1.54, 1.807) is 13.0 Å². The van der Waals surface area contributed by atoms with Crippen LogP contribution < -0.4 is 5.56 Å². The molecule has 0 saturated carbocycles. The van der Waals surface area contributed by atoms with E-state index in [0.29, 0.717) is 29.5 Å². The molecule has 0 amide bonds. The highest BCUT2D eigenvalue weighted by molar-refractivity contribution is 7.91. The number of methoxy groups -OCH3 is 1. The summed E-state index contributed by atoms with van der Waals surface area (Å²) >= 11 is 0. The molecule has 0 aliphatic carbocycles. The Bertz CT molecular complexity index is 1640. The van der Waals surface area contributed by atoms with Crippen molar-refractivity contribution < 1.29 is 22.7 Å². The van der Waals surface area contributed by atoms with Crippen LogP contribution in [0.4, 0.5) is 4.39 Å². The van der Waals surface area contributed by atoms with Gasteiger partial charge in [-0.15, -0.1) is 0 Å². The summed E-state index contributed by atoms with van der Waals surface area (Å²) in [5, 5.41) is 11.5. The largest absolute Gasteiger partial charge is 0.493 e. The summed E-state index contributed by atoms with van der Waals surface area (Å²) in [6.45, 7) is 3.74. The summed E-state index contributed by atoms with van der Waals surface area (Å²) < 4.78 is 48.4. The minimum Gasteiger partial charge on any atom is -0.493 e. The highest BCUT2D eigenvalue weighted by Crippen LogP contribution is 2.33. The molecular formula is C30H32FN3O5S. The van der Waals surface area contributed by atoms with Gasteiger partial charge in [-0.2, -0.15) is 9.37 Å². The molecule has 0 fully saturated rings. The molecule has 2 aromatic heterocycles. The lowest BCUT2D eigenvalue weighted by Gasteiger charge is -2.25. The number of aromatic hydroxyl groups is 1. The maximum atomic E-state index is 14.0. The van der Waals surface area contributed by atoms with E-state index in [1.165, 1.54) is 42.1 Å². The highest BCUT2D eigenvalue weighted by atomic mass is 32.2. The molecule has 0 spiro atoms. The molecule has 2 heterocycles. The molecule has 1 unspecified atom stereocenters. The number of nitrogens with zero attached hydrogens (tertiary/aromatic N) is 3. The first-order valence-corrected chi connectivity index (χ1v) is 14.5. The summed E-state index contributed by atoms with van der Waals surface area (Å²) in [7, 11) is -2.98. The second kappa shape index (κ2) is 12.5. The number of hydrogen-bond acceptors (Lipinski definition) is 7. The number of aromatic nitrogens is 3. The molecule has 0 aliphatic heterocycles. The molecular weight excluding hydrogens is 533 g/mol. The topological polar surface area (TPSA) is 111 Å². The summed E-state index contributed by atoms with van der Waals surface area (Å²) in [6, 6.07) is 15.9. The smallest absolute Gasteiger partial charge is 0.296 e. The Labute approximate surface area is 233 Å². The van der Waals surface area contributed by atoms with E-state index in [0.717, 1.165) is 18.4 Å². The van der Waals surface area contributed by atoms with Gasteiger partial charge in [-0.1, -0.05) is 62.2 Å². The van der Waals surface area contributed by atoms with Gasteiger partial charge in [0.2, 0.25) is 21.7 Å². The fourth-order valence-electron chi connectivity index (χ4n) is 4.73. The number of unbranched alkanes of at least 4 members (excludes halogenated alkanes) is 2. The molecule has 40 heavy (non-hydrogen) atoms. The molecule has 1 N–H and O–H groups in total. The van der Waals surface area contributed by atoms with Crippen molar-refractivity contribution in [1.82, 2.24) is 14.5 Å². The second-order valence-electron chi connectivity index (χ2n) is 9.50. The third kappa shape index (κ3) is 5.83. The molecule has 210 valence electrons. The lowest BCUT2D eigenvalue weighted by molar-refractivity contribution is 0.161. The van der Waals surface area contributed by atoms with Gasteiger partial charge in [0, 0.05) is 25.3 Å². The van der Waals surface area contributed by atoms with Crippen molar-refractivity contribution in [3.05, 3.63) is 100 Å². The normalized spacial score (nSPS) is 12.4. The molecule has 0 radical (unpaired) electrons. The summed E-state index contributed by atoms with van der Waals surface area (Å²) in [6.07, 6.45) is 4.23. The predicted molar refractivity (Wildman–Crippen MR) is 150 cm³/mol. The van der Waals surface area contributed by atoms with Crippen LogP contribution in [0.3, 0.4) is 0 Å². The van der Waals surface area contributed by atoms with Crippen molar-refractivity contribution in [1.29, 1.82) is 0 Å². The van der Waals surface area contributed by atoms with E-state index in [9.17, 15) is 22.7 Å². The Morgan fingerprint density at radius 1 is 1.05 bits per heavy atom. The summed E-state index contributed by atoms with van der Waals surface area (Å²) in [5.41, 5.74) is 1.19. The molecule has 0 bridgehead atoms. The Kier molecular flexibility index (Phi) is 9.11. The zero-order valence-corrected chi connectivity index (χ0v) is 23.5. The van der Waals surface area contributed by atoms with Crippen LogP contribution in [-0.2, 0) is 21.0 Å². The number of hydrogen-bond donors (Lipinski definition) is 1. The average Bonchev–Trinajstić information content (AvgIpc) is 2.94. The van der Waals surface area contributed by atoms with Gasteiger partial charge < -0.3 is 9.84 Å². The maximum Gasteiger partial charge on any atom is 0.296 e. The van der Waals surface area contributed by atoms with Crippen LogP contribution >= 0.6 is 0 Å². The number of benzene rings is 2. The Hall–Kier alpha value is -3.89. The molecule has 0 aliphatic rings. The van der Waals surface area contributed by atoms with E-state index >= 15 is 0 Å². The molecule has 1 atom stereocenters. The molecule has 2 aromatic carbocycles. The van der Waals surface area contributed by atoms with Gasteiger partial charge in [0.05, 0.1) is 17.5 Å². The third-order valence-corrected chi connectivity index (χ3v) is 8.63. The maximum absolute atomic E-state index is 14.0. The summed E-state index contributed by atoms with van der Waals surface area (Å²) in [5.74, 6) is -1.02.